The van der Waals surface area contributed by atoms with Crippen LogP contribution in [-0.2, 0) is 0 Å². The molecule has 1 aliphatic heterocycles. The fraction of sp³-hybridized carbons (Fsp3) is 0.500. The number of halogens is 2. The van der Waals surface area contributed by atoms with E-state index >= 15 is 0 Å². The lowest BCUT2D eigenvalue weighted by Crippen LogP contribution is -2.29. The molecular formula is C14H16ClFN2S. The number of nitrogens with zero attached hydrogens (tertiary/aromatic N) is 1. The summed E-state index contributed by atoms with van der Waals surface area (Å²) in [6.07, 6.45) is 6.23. The maximum Gasteiger partial charge on any atom is 0.161 e. The van der Waals surface area contributed by atoms with Crippen molar-refractivity contribution in [2.24, 2.45) is 4.99 Å². The molecule has 1 N–H and O–H groups in total. The number of anilines is 1. The van der Waals surface area contributed by atoms with Gasteiger partial charge >= 0.3 is 0 Å². The summed E-state index contributed by atoms with van der Waals surface area (Å²) in [7, 11) is 0. The molecule has 1 heterocycles. The molecule has 0 aromatic heterocycles. The Morgan fingerprint density at radius 1 is 1.26 bits per heavy atom. The van der Waals surface area contributed by atoms with Gasteiger partial charge in [-0.2, -0.15) is 0 Å². The molecule has 102 valence electrons. The standard InChI is InChI=1S/C14H16ClFN2S/c15-11-5-4-10(8-12(11)16)17-13-18-14(9-19-13)6-2-1-3-7-14/h4-5,8H,1-3,6-7,9H2,(H,17,18). The first-order valence-corrected chi connectivity index (χ1v) is 7.98. The van der Waals surface area contributed by atoms with E-state index in [1.807, 2.05) is 0 Å². The second kappa shape index (κ2) is 5.33. The zero-order chi connectivity index (χ0) is 13.3. The summed E-state index contributed by atoms with van der Waals surface area (Å²) in [6, 6.07) is 4.76. The highest BCUT2D eigenvalue weighted by Crippen LogP contribution is 2.39. The van der Waals surface area contributed by atoms with Gasteiger partial charge in [0.1, 0.15) is 5.82 Å². The zero-order valence-electron chi connectivity index (χ0n) is 10.6. The van der Waals surface area contributed by atoms with Crippen molar-refractivity contribution in [2.45, 2.75) is 37.6 Å². The van der Waals surface area contributed by atoms with Crippen LogP contribution in [0.3, 0.4) is 0 Å². The summed E-state index contributed by atoms with van der Waals surface area (Å²) in [6.45, 7) is 0. The summed E-state index contributed by atoms with van der Waals surface area (Å²) in [5, 5.41) is 4.25. The predicted octanol–water partition coefficient (Wildman–Crippen LogP) is 4.70. The number of benzene rings is 1. The Morgan fingerprint density at radius 3 is 2.79 bits per heavy atom. The van der Waals surface area contributed by atoms with Crippen LogP contribution < -0.4 is 5.32 Å². The molecule has 0 saturated heterocycles. The number of hydrogen-bond acceptors (Lipinski definition) is 3. The third kappa shape index (κ3) is 2.90. The third-order valence-corrected chi connectivity index (χ3v) is 5.23. The molecule has 0 atom stereocenters. The van der Waals surface area contributed by atoms with Crippen molar-refractivity contribution in [2.75, 3.05) is 11.1 Å². The summed E-state index contributed by atoms with van der Waals surface area (Å²) < 4.78 is 13.4. The fourth-order valence-corrected chi connectivity index (χ4v) is 4.03. The highest BCUT2D eigenvalue weighted by Gasteiger charge is 2.36. The monoisotopic (exact) mass is 298 g/mol. The molecule has 2 nitrogen and oxygen atoms in total. The summed E-state index contributed by atoms with van der Waals surface area (Å²) in [5.41, 5.74) is 0.844. The Balaban J connectivity index is 1.73. The van der Waals surface area contributed by atoms with Crippen molar-refractivity contribution in [3.63, 3.8) is 0 Å². The highest BCUT2D eigenvalue weighted by molar-refractivity contribution is 8.14. The Bertz CT molecular complexity index is 512. The minimum absolute atomic E-state index is 0.135. The molecule has 1 aromatic carbocycles. The molecule has 1 spiro atoms. The fourth-order valence-electron chi connectivity index (χ4n) is 2.71. The van der Waals surface area contributed by atoms with Gasteiger partial charge in [0.2, 0.25) is 0 Å². The van der Waals surface area contributed by atoms with Crippen LogP contribution in [0.25, 0.3) is 0 Å². The average molecular weight is 299 g/mol. The molecule has 19 heavy (non-hydrogen) atoms. The van der Waals surface area contributed by atoms with Gasteiger partial charge in [-0.3, -0.25) is 4.99 Å². The summed E-state index contributed by atoms with van der Waals surface area (Å²) in [5.74, 6) is 0.647. The van der Waals surface area contributed by atoms with E-state index < -0.39 is 5.82 Å². The number of aliphatic imine (C=N–C) groups is 1. The third-order valence-electron chi connectivity index (χ3n) is 3.77. The summed E-state index contributed by atoms with van der Waals surface area (Å²) >= 11 is 7.41. The lowest BCUT2D eigenvalue weighted by molar-refractivity contribution is 0.335. The zero-order valence-corrected chi connectivity index (χ0v) is 12.2. The molecule has 0 bridgehead atoms. The van der Waals surface area contributed by atoms with Crippen LogP contribution in [0.5, 0.6) is 0 Å². The van der Waals surface area contributed by atoms with E-state index in [-0.39, 0.29) is 10.6 Å². The molecular weight excluding hydrogens is 283 g/mol. The first kappa shape index (κ1) is 13.3. The largest absolute Gasteiger partial charge is 0.335 e. The second-order valence-electron chi connectivity index (χ2n) is 5.24. The van der Waals surface area contributed by atoms with E-state index in [0.29, 0.717) is 5.69 Å². The van der Waals surface area contributed by atoms with Crippen LogP contribution in [0, 0.1) is 5.82 Å². The number of rotatable bonds is 1. The highest BCUT2D eigenvalue weighted by atomic mass is 35.5. The molecule has 3 rings (SSSR count). The van der Waals surface area contributed by atoms with Gasteiger partial charge in [0.25, 0.3) is 0 Å². The lowest BCUT2D eigenvalue weighted by atomic mass is 9.84. The quantitative estimate of drug-likeness (QED) is 0.813. The molecule has 0 amide bonds. The molecule has 0 radical (unpaired) electrons. The van der Waals surface area contributed by atoms with Gasteiger partial charge in [0, 0.05) is 11.4 Å². The first-order chi connectivity index (χ1) is 9.17. The van der Waals surface area contributed by atoms with E-state index in [0.717, 1.165) is 10.9 Å². The minimum atomic E-state index is -0.400. The van der Waals surface area contributed by atoms with E-state index in [4.69, 9.17) is 16.6 Å². The number of hydrogen-bond donors (Lipinski definition) is 1. The van der Waals surface area contributed by atoms with Crippen LogP contribution in [0.1, 0.15) is 32.1 Å². The maximum atomic E-state index is 13.4. The Labute approximate surface area is 121 Å². The molecule has 1 aromatic rings. The van der Waals surface area contributed by atoms with Crippen molar-refractivity contribution in [3.8, 4) is 0 Å². The topological polar surface area (TPSA) is 24.4 Å². The minimum Gasteiger partial charge on any atom is -0.335 e. The van der Waals surface area contributed by atoms with Gasteiger partial charge in [0.05, 0.1) is 10.6 Å². The van der Waals surface area contributed by atoms with Crippen molar-refractivity contribution in [1.82, 2.24) is 0 Å². The van der Waals surface area contributed by atoms with Crippen LogP contribution >= 0.6 is 23.4 Å². The van der Waals surface area contributed by atoms with Gasteiger partial charge in [-0.1, -0.05) is 42.6 Å². The summed E-state index contributed by atoms with van der Waals surface area (Å²) in [4.78, 5) is 4.84. The lowest BCUT2D eigenvalue weighted by Gasteiger charge is -2.29. The number of thioether (sulfide) groups is 1. The SMILES string of the molecule is Fc1cc(NC2=NC3(CCCCC3)CS2)ccc1Cl. The van der Waals surface area contributed by atoms with Gasteiger partial charge in [-0.25, -0.2) is 4.39 Å². The smallest absolute Gasteiger partial charge is 0.161 e. The second-order valence-corrected chi connectivity index (χ2v) is 6.62. The maximum absolute atomic E-state index is 13.4. The van der Waals surface area contributed by atoms with Gasteiger partial charge < -0.3 is 5.32 Å². The molecule has 1 saturated carbocycles. The average Bonchev–Trinajstić information content (AvgIpc) is 2.78. The van der Waals surface area contributed by atoms with Crippen molar-refractivity contribution >= 4 is 34.2 Å². The normalized spacial score (nSPS) is 21.5. The number of nitrogens with one attached hydrogen (secondary N) is 1. The Kier molecular flexibility index (Phi) is 3.72. The predicted molar refractivity (Wildman–Crippen MR) is 80.7 cm³/mol. The van der Waals surface area contributed by atoms with E-state index in [2.05, 4.69) is 5.32 Å². The van der Waals surface area contributed by atoms with Crippen LogP contribution in [0.4, 0.5) is 10.1 Å². The molecule has 2 aliphatic rings. The Hall–Kier alpha value is -0.740. The van der Waals surface area contributed by atoms with E-state index in [9.17, 15) is 4.39 Å². The van der Waals surface area contributed by atoms with Gasteiger partial charge in [-0.15, -0.1) is 0 Å². The van der Waals surface area contributed by atoms with Crippen LogP contribution in [0.2, 0.25) is 5.02 Å². The molecule has 1 aliphatic carbocycles. The van der Waals surface area contributed by atoms with E-state index in [1.54, 1.807) is 23.9 Å². The van der Waals surface area contributed by atoms with Crippen molar-refractivity contribution < 1.29 is 4.39 Å². The van der Waals surface area contributed by atoms with Crippen molar-refractivity contribution in [3.05, 3.63) is 29.0 Å². The van der Waals surface area contributed by atoms with Gasteiger partial charge in [-0.05, 0) is 31.0 Å². The molecule has 0 unspecified atom stereocenters. The van der Waals surface area contributed by atoms with Crippen LogP contribution in [0.15, 0.2) is 23.2 Å². The number of amidine groups is 1. The van der Waals surface area contributed by atoms with Crippen LogP contribution in [-0.4, -0.2) is 16.5 Å². The van der Waals surface area contributed by atoms with E-state index in [1.165, 1.54) is 38.2 Å². The first-order valence-electron chi connectivity index (χ1n) is 6.62. The molecule has 1 fully saturated rings. The molecule has 5 heteroatoms. The Morgan fingerprint density at radius 2 is 2.05 bits per heavy atom. The van der Waals surface area contributed by atoms with Gasteiger partial charge in [0.15, 0.2) is 5.17 Å². The van der Waals surface area contributed by atoms with Crippen molar-refractivity contribution in [1.29, 1.82) is 0 Å².